The maximum Gasteiger partial charge on any atom is 0.0463 e. The van der Waals surface area contributed by atoms with Gasteiger partial charge in [0.25, 0.3) is 0 Å². The van der Waals surface area contributed by atoms with Crippen LogP contribution < -0.4 is 0 Å². The third-order valence-corrected chi connectivity index (χ3v) is 0.947. The average Bonchev–Trinajstić information content (AvgIpc) is 2.02. The molecule has 0 saturated heterocycles. The number of methoxy groups -OCH3 is 2. The van der Waals surface area contributed by atoms with Crippen molar-refractivity contribution in [1.82, 2.24) is 0 Å². The van der Waals surface area contributed by atoms with E-state index in [-0.39, 0.29) is 0 Å². The summed E-state index contributed by atoms with van der Waals surface area (Å²) in [7, 11) is 3.43. The molecule has 0 aliphatic heterocycles. The number of ether oxygens (including phenoxy) is 2. The third-order valence-electron chi connectivity index (χ3n) is 0.947. The second-order valence-electron chi connectivity index (χ2n) is 1.69. The molecule has 2 heteroatoms. The second kappa shape index (κ2) is 16.0. The number of unbranched alkanes of at least 4 members (excludes halogenated alkanes) is 1. The summed E-state index contributed by atoms with van der Waals surface area (Å²) in [6.07, 6.45) is 2.20. The lowest BCUT2D eigenvalue weighted by Gasteiger charge is -1.96. The minimum Gasteiger partial charge on any atom is -0.385 e. The first kappa shape index (κ1) is 12.6. The monoisotopic (exact) mass is 148 g/mol. The molecule has 0 bridgehead atoms. The molecule has 0 radical (unpaired) electrons. The van der Waals surface area contributed by atoms with Gasteiger partial charge in [0, 0.05) is 27.4 Å². The SMILES string of the molecule is CC.COCCCCOC. The Morgan fingerprint density at radius 1 is 0.800 bits per heavy atom. The Morgan fingerprint density at radius 2 is 1.10 bits per heavy atom. The van der Waals surface area contributed by atoms with Gasteiger partial charge in [-0.2, -0.15) is 0 Å². The standard InChI is InChI=1S/C6H14O2.C2H6/c1-7-5-3-4-6-8-2;1-2/h3-6H2,1-2H3;1-2H3. The summed E-state index contributed by atoms with van der Waals surface area (Å²) in [6, 6.07) is 0. The molecule has 0 unspecified atom stereocenters. The van der Waals surface area contributed by atoms with E-state index in [1.54, 1.807) is 14.2 Å². The molecule has 0 N–H and O–H groups in total. The van der Waals surface area contributed by atoms with E-state index in [1.807, 2.05) is 13.8 Å². The fraction of sp³-hybridized carbons (Fsp3) is 1.00. The maximum absolute atomic E-state index is 4.83. The van der Waals surface area contributed by atoms with Crippen molar-refractivity contribution in [3.05, 3.63) is 0 Å². The first-order chi connectivity index (χ1) is 4.91. The zero-order chi connectivity index (χ0) is 8.24. The van der Waals surface area contributed by atoms with Crippen LogP contribution in [0, 0.1) is 0 Å². The molecule has 0 rings (SSSR count). The summed E-state index contributed by atoms with van der Waals surface area (Å²) in [5.74, 6) is 0. The molecule has 0 amide bonds. The van der Waals surface area contributed by atoms with Crippen molar-refractivity contribution in [1.29, 1.82) is 0 Å². The van der Waals surface area contributed by atoms with Crippen molar-refractivity contribution in [2.45, 2.75) is 26.7 Å². The lowest BCUT2D eigenvalue weighted by atomic mass is 10.3. The predicted molar refractivity (Wildman–Crippen MR) is 44.3 cm³/mol. The van der Waals surface area contributed by atoms with Gasteiger partial charge in [0.2, 0.25) is 0 Å². The Bertz CT molecular complexity index is 32.2. The van der Waals surface area contributed by atoms with Crippen LogP contribution in [0.15, 0.2) is 0 Å². The lowest BCUT2D eigenvalue weighted by molar-refractivity contribution is 0.159. The molecule has 0 saturated carbocycles. The van der Waals surface area contributed by atoms with Crippen LogP contribution in [0.1, 0.15) is 26.7 Å². The van der Waals surface area contributed by atoms with Crippen LogP contribution in [0.3, 0.4) is 0 Å². The number of rotatable bonds is 5. The van der Waals surface area contributed by atoms with Crippen LogP contribution >= 0.6 is 0 Å². The van der Waals surface area contributed by atoms with E-state index in [9.17, 15) is 0 Å². The van der Waals surface area contributed by atoms with E-state index in [0.717, 1.165) is 26.1 Å². The zero-order valence-electron chi connectivity index (χ0n) is 7.64. The van der Waals surface area contributed by atoms with E-state index in [2.05, 4.69) is 0 Å². The third kappa shape index (κ3) is 15.7. The van der Waals surface area contributed by atoms with Gasteiger partial charge in [0.15, 0.2) is 0 Å². The highest BCUT2D eigenvalue weighted by molar-refractivity contribution is 4.34. The number of hydrogen-bond acceptors (Lipinski definition) is 2. The Hall–Kier alpha value is -0.0800. The molecular weight excluding hydrogens is 128 g/mol. The van der Waals surface area contributed by atoms with Crippen molar-refractivity contribution in [2.24, 2.45) is 0 Å². The molecule has 0 aromatic rings. The highest BCUT2D eigenvalue weighted by Gasteiger charge is 1.83. The minimum atomic E-state index is 0.851. The number of hydrogen-bond donors (Lipinski definition) is 0. The molecule has 0 fully saturated rings. The molecule has 0 aromatic heterocycles. The van der Waals surface area contributed by atoms with E-state index in [4.69, 9.17) is 9.47 Å². The summed E-state index contributed by atoms with van der Waals surface area (Å²) < 4.78 is 9.67. The van der Waals surface area contributed by atoms with Crippen LogP contribution in [0.25, 0.3) is 0 Å². The Morgan fingerprint density at radius 3 is 1.30 bits per heavy atom. The van der Waals surface area contributed by atoms with E-state index in [1.165, 1.54) is 0 Å². The van der Waals surface area contributed by atoms with Crippen LogP contribution in [0.5, 0.6) is 0 Å². The van der Waals surface area contributed by atoms with Crippen LogP contribution in [-0.4, -0.2) is 27.4 Å². The van der Waals surface area contributed by atoms with Gasteiger partial charge in [0.05, 0.1) is 0 Å². The molecule has 64 valence electrons. The first-order valence-corrected chi connectivity index (χ1v) is 3.89. The van der Waals surface area contributed by atoms with Crippen LogP contribution in [0.2, 0.25) is 0 Å². The van der Waals surface area contributed by atoms with Crippen molar-refractivity contribution in [3.63, 3.8) is 0 Å². The Balaban J connectivity index is 0. The molecule has 2 nitrogen and oxygen atoms in total. The zero-order valence-corrected chi connectivity index (χ0v) is 7.64. The van der Waals surface area contributed by atoms with Crippen molar-refractivity contribution < 1.29 is 9.47 Å². The van der Waals surface area contributed by atoms with Gasteiger partial charge in [-0.05, 0) is 12.8 Å². The maximum atomic E-state index is 4.83. The summed E-state index contributed by atoms with van der Waals surface area (Å²) in [5.41, 5.74) is 0. The van der Waals surface area contributed by atoms with Gasteiger partial charge in [-0.15, -0.1) is 0 Å². The smallest absolute Gasteiger partial charge is 0.0463 e. The van der Waals surface area contributed by atoms with Crippen molar-refractivity contribution in [2.75, 3.05) is 27.4 Å². The minimum absolute atomic E-state index is 0.851. The van der Waals surface area contributed by atoms with Crippen LogP contribution in [-0.2, 0) is 9.47 Å². The molecule has 0 spiro atoms. The summed E-state index contributed by atoms with van der Waals surface area (Å²) >= 11 is 0. The van der Waals surface area contributed by atoms with E-state index in [0.29, 0.717) is 0 Å². The molecule has 0 heterocycles. The normalized spacial score (nSPS) is 8.40. The lowest BCUT2D eigenvalue weighted by Crippen LogP contribution is -1.92. The van der Waals surface area contributed by atoms with Gasteiger partial charge in [-0.3, -0.25) is 0 Å². The van der Waals surface area contributed by atoms with Gasteiger partial charge >= 0.3 is 0 Å². The summed E-state index contributed by atoms with van der Waals surface area (Å²) in [5, 5.41) is 0. The highest BCUT2D eigenvalue weighted by atomic mass is 16.5. The Kier molecular flexibility index (Phi) is 20.1. The van der Waals surface area contributed by atoms with E-state index >= 15 is 0 Å². The molecule has 0 aromatic carbocycles. The average molecular weight is 148 g/mol. The topological polar surface area (TPSA) is 18.5 Å². The molecule has 0 atom stereocenters. The largest absolute Gasteiger partial charge is 0.385 e. The highest BCUT2D eigenvalue weighted by Crippen LogP contribution is 1.87. The summed E-state index contributed by atoms with van der Waals surface area (Å²) in [4.78, 5) is 0. The quantitative estimate of drug-likeness (QED) is 0.556. The second-order valence-corrected chi connectivity index (χ2v) is 1.69. The fourth-order valence-electron chi connectivity index (χ4n) is 0.493. The summed E-state index contributed by atoms with van der Waals surface area (Å²) in [6.45, 7) is 5.70. The molecule has 0 aliphatic rings. The van der Waals surface area contributed by atoms with Gasteiger partial charge in [0.1, 0.15) is 0 Å². The van der Waals surface area contributed by atoms with E-state index < -0.39 is 0 Å². The van der Waals surface area contributed by atoms with Crippen molar-refractivity contribution in [3.8, 4) is 0 Å². The first-order valence-electron chi connectivity index (χ1n) is 3.89. The predicted octanol–water partition coefficient (Wildman–Crippen LogP) is 2.09. The molecule has 0 aliphatic carbocycles. The Labute approximate surface area is 64.5 Å². The van der Waals surface area contributed by atoms with Gasteiger partial charge in [-0.25, -0.2) is 0 Å². The molecular formula is C8H20O2. The fourth-order valence-corrected chi connectivity index (χ4v) is 0.493. The molecule has 10 heavy (non-hydrogen) atoms. The van der Waals surface area contributed by atoms with Crippen molar-refractivity contribution >= 4 is 0 Å². The van der Waals surface area contributed by atoms with Crippen LogP contribution in [0.4, 0.5) is 0 Å². The van der Waals surface area contributed by atoms with Gasteiger partial charge < -0.3 is 9.47 Å². The van der Waals surface area contributed by atoms with Gasteiger partial charge in [-0.1, -0.05) is 13.8 Å².